The molecular formula is C26H32N2O5S. The molecule has 2 aromatic carbocycles. The van der Waals surface area contributed by atoms with Gasteiger partial charge in [0.25, 0.3) is 15.9 Å². The van der Waals surface area contributed by atoms with Gasteiger partial charge in [-0.05, 0) is 56.0 Å². The van der Waals surface area contributed by atoms with Gasteiger partial charge in [-0.1, -0.05) is 56.4 Å². The summed E-state index contributed by atoms with van der Waals surface area (Å²) < 4.78 is 33.5. The number of carbonyl (C=O) groups excluding carboxylic acids is 2. The molecule has 1 saturated carbocycles. The van der Waals surface area contributed by atoms with E-state index in [0.717, 1.165) is 31.2 Å². The Balaban J connectivity index is 1.41. The molecule has 1 amide bonds. The van der Waals surface area contributed by atoms with Crippen LogP contribution in [0.2, 0.25) is 0 Å². The van der Waals surface area contributed by atoms with Crippen LogP contribution in [0.3, 0.4) is 0 Å². The quantitative estimate of drug-likeness (QED) is 0.620. The maximum absolute atomic E-state index is 13.4. The lowest BCUT2D eigenvalue weighted by molar-refractivity contribution is -0.125. The number of nitrogens with one attached hydrogen (secondary N) is 1. The zero-order chi connectivity index (χ0) is 24.1. The number of ether oxygens (including phenoxy) is 1. The van der Waals surface area contributed by atoms with E-state index in [1.165, 1.54) is 47.8 Å². The number of hydrogen-bond acceptors (Lipinski definition) is 5. The summed E-state index contributed by atoms with van der Waals surface area (Å²) in [6, 6.07) is 13.1. The molecule has 1 heterocycles. The van der Waals surface area contributed by atoms with Crippen molar-refractivity contribution in [1.29, 1.82) is 0 Å². The summed E-state index contributed by atoms with van der Waals surface area (Å²) in [5.74, 6) is -1.05. The Morgan fingerprint density at radius 2 is 1.71 bits per heavy atom. The topological polar surface area (TPSA) is 92.8 Å². The van der Waals surface area contributed by atoms with Crippen molar-refractivity contribution < 1.29 is 22.7 Å². The van der Waals surface area contributed by atoms with Crippen molar-refractivity contribution in [3.05, 3.63) is 59.7 Å². The number of carbonyl (C=O) groups is 2. The van der Waals surface area contributed by atoms with Crippen molar-refractivity contribution in [2.75, 3.05) is 10.9 Å². The lowest BCUT2D eigenvalue weighted by Crippen LogP contribution is -2.38. The highest BCUT2D eigenvalue weighted by Gasteiger charge is 2.36. The van der Waals surface area contributed by atoms with Gasteiger partial charge in [-0.25, -0.2) is 13.2 Å². The zero-order valence-electron chi connectivity index (χ0n) is 19.5. The van der Waals surface area contributed by atoms with Crippen LogP contribution in [0.25, 0.3) is 0 Å². The average Bonchev–Trinajstić information content (AvgIpc) is 3.15. The summed E-state index contributed by atoms with van der Waals surface area (Å²) in [4.78, 5) is 24.9. The molecule has 182 valence electrons. The van der Waals surface area contributed by atoms with Crippen LogP contribution in [0.15, 0.2) is 53.4 Å². The monoisotopic (exact) mass is 484 g/mol. The molecule has 34 heavy (non-hydrogen) atoms. The highest BCUT2D eigenvalue weighted by Crippen LogP contribution is 2.36. The van der Waals surface area contributed by atoms with Gasteiger partial charge in [0.2, 0.25) is 0 Å². The van der Waals surface area contributed by atoms with Crippen molar-refractivity contribution in [2.45, 2.75) is 75.3 Å². The van der Waals surface area contributed by atoms with Crippen LogP contribution in [0.4, 0.5) is 5.69 Å². The van der Waals surface area contributed by atoms with Crippen LogP contribution in [0, 0.1) is 0 Å². The number of benzene rings is 2. The number of anilines is 1. The van der Waals surface area contributed by atoms with Gasteiger partial charge in [0.15, 0.2) is 6.61 Å². The second-order valence-electron chi connectivity index (χ2n) is 9.20. The Labute approximate surface area is 201 Å². The first-order valence-electron chi connectivity index (χ1n) is 12.0. The lowest BCUT2D eigenvalue weighted by Gasteiger charge is -2.24. The Bertz CT molecular complexity index is 1140. The molecule has 0 radical (unpaired) electrons. The van der Waals surface area contributed by atoms with Gasteiger partial charge in [-0.2, -0.15) is 0 Å². The molecule has 1 atom stereocenters. The number of sulfonamides is 1. The molecular weight excluding hydrogens is 452 g/mol. The Morgan fingerprint density at radius 3 is 2.47 bits per heavy atom. The zero-order valence-corrected chi connectivity index (χ0v) is 20.4. The lowest BCUT2D eigenvalue weighted by atomic mass is 9.97. The molecule has 0 bridgehead atoms. The van der Waals surface area contributed by atoms with E-state index in [1.807, 2.05) is 25.1 Å². The fourth-order valence-electron chi connectivity index (χ4n) is 4.88. The molecule has 7 nitrogen and oxygen atoms in total. The molecule has 1 N–H and O–H groups in total. The highest BCUT2D eigenvalue weighted by molar-refractivity contribution is 7.92. The third-order valence-corrected chi connectivity index (χ3v) is 8.50. The molecule has 2 aromatic rings. The second-order valence-corrected chi connectivity index (χ2v) is 11.0. The van der Waals surface area contributed by atoms with Gasteiger partial charge < -0.3 is 10.1 Å². The second kappa shape index (κ2) is 10.6. The van der Waals surface area contributed by atoms with Gasteiger partial charge in [-0.3, -0.25) is 9.10 Å². The summed E-state index contributed by atoms with van der Waals surface area (Å²) >= 11 is 0. The van der Waals surface area contributed by atoms with Crippen LogP contribution in [0.1, 0.15) is 67.8 Å². The number of esters is 1. The molecule has 8 heteroatoms. The van der Waals surface area contributed by atoms with E-state index >= 15 is 0 Å². The fraction of sp³-hybridized carbons (Fsp3) is 0.462. The van der Waals surface area contributed by atoms with Crippen molar-refractivity contribution in [3.8, 4) is 0 Å². The first kappa shape index (κ1) is 24.3. The molecule has 0 aromatic heterocycles. The Hall–Kier alpha value is -2.87. The highest BCUT2D eigenvalue weighted by atomic mass is 32.2. The molecule has 0 unspecified atom stereocenters. The number of hydrogen-bond donors (Lipinski definition) is 1. The van der Waals surface area contributed by atoms with E-state index in [9.17, 15) is 18.0 Å². The fourth-order valence-corrected chi connectivity index (χ4v) is 6.62. The van der Waals surface area contributed by atoms with Gasteiger partial charge in [0.1, 0.15) is 0 Å². The molecule has 4 rings (SSSR count). The van der Waals surface area contributed by atoms with Crippen molar-refractivity contribution in [2.24, 2.45) is 0 Å². The van der Waals surface area contributed by atoms with E-state index in [1.54, 1.807) is 6.07 Å². The third-order valence-electron chi connectivity index (χ3n) is 6.58. The van der Waals surface area contributed by atoms with Crippen molar-refractivity contribution >= 4 is 27.6 Å². The maximum atomic E-state index is 13.4. The molecule has 2 aliphatic rings. The summed E-state index contributed by atoms with van der Waals surface area (Å²) in [6.07, 6.45) is 8.31. The Morgan fingerprint density at radius 1 is 1.00 bits per heavy atom. The van der Waals surface area contributed by atoms with Crippen molar-refractivity contribution in [1.82, 2.24) is 5.32 Å². The Kier molecular flexibility index (Phi) is 7.56. The van der Waals surface area contributed by atoms with Crippen LogP contribution < -0.4 is 9.62 Å². The smallest absolute Gasteiger partial charge is 0.338 e. The van der Waals surface area contributed by atoms with Crippen LogP contribution >= 0.6 is 0 Å². The standard InChI is InChI=1S/C26H32N2O5S/c1-19-16-20-10-7-8-15-24(20)28(19)34(31,32)23-14-9-11-21(17-23)26(30)33-18-25(29)27-22-12-5-3-2-4-6-13-22/h7-11,14-15,17,19,22H,2-6,12-13,16,18H2,1H3,(H,27,29)/t19-/m0/s1. The van der Waals surface area contributed by atoms with Gasteiger partial charge >= 0.3 is 5.97 Å². The number of para-hydroxylation sites is 1. The maximum Gasteiger partial charge on any atom is 0.338 e. The number of rotatable bonds is 6. The summed E-state index contributed by atoms with van der Waals surface area (Å²) in [5, 5.41) is 2.96. The third kappa shape index (κ3) is 5.43. The van der Waals surface area contributed by atoms with Crippen LogP contribution in [-0.4, -0.2) is 39.0 Å². The van der Waals surface area contributed by atoms with Crippen LogP contribution in [-0.2, 0) is 26.0 Å². The molecule has 0 saturated heterocycles. The van der Waals surface area contributed by atoms with E-state index in [-0.39, 0.29) is 35.1 Å². The number of amides is 1. The predicted molar refractivity (Wildman–Crippen MR) is 130 cm³/mol. The minimum absolute atomic E-state index is 0.0180. The largest absolute Gasteiger partial charge is 0.452 e. The molecule has 1 fully saturated rings. The van der Waals surface area contributed by atoms with Gasteiger partial charge in [-0.15, -0.1) is 0 Å². The first-order chi connectivity index (χ1) is 16.4. The molecule has 1 aliphatic carbocycles. The van der Waals surface area contributed by atoms with Gasteiger partial charge in [0, 0.05) is 12.1 Å². The minimum atomic E-state index is -3.87. The van der Waals surface area contributed by atoms with E-state index in [2.05, 4.69) is 5.32 Å². The number of nitrogens with zero attached hydrogens (tertiary/aromatic N) is 1. The average molecular weight is 485 g/mol. The summed E-state index contributed by atoms with van der Waals surface area (Å²) in [7, 11) is -3.87. The predicted octanol–water partition coefficient (Wildman–Crippen LogP) is 4.21. The van der Waals surface area contributed by atoms with E-state index < -0.39 is 16.0 Å². The van der Waals surface area contributed by atoms with Crippen molar-refractivity contribution in [3.63, 3.8) is 0 Å². The first-order valence-corrected chi connectivity index (χ1v) is 13.5. The summed E-state index contributed by atoms with van der Waals surface area (Å²) in [6.45, 7) is 1.48. The van der Waals surface area contributed by atoms with Crippen LogP contribution in [0.5, 0.6) is 0 Å². The number of fused-ring (bicyclic) bond motifs is 1. The molecule has 1 aliphatic heterocycles. The van der Waals surface area contributed by atoms with Gasteiger partial charge in [0.05, 0.1) is 16.1 Å². The normalized spacial score (nSPS) is 19.1. The van der Waals surface area contributed by atoms with E-state index in [4.69, 9.17) is 4.74 Å². The molecule has 0 spiro atoms. The SMILES string of the molecule is C[C@H]1Cc2ccccc2N1S(=O)(=O)c1cccc(C(=O)OCC(=O)NC2CCCCCCC2)c1. The minimum Gasteiger partial charge on any atom is -0.452 e. The summed E-state index contributed by atoms with van der Waals surface area (Å²) in [5.41, 5.74) is 1.73. The van der Waals surface area contributed by atoms with E-state index in [0.29, 0.717) is 12.1 Å².